The predicted octanol–water partition coefficient (Wildman–Crippen LogP) is 3.03. The van der Waals surface area contributed by atoms with Gasteiger partial charge in [-0.25, -0.2) is 8.42 Å². The quantitative estimate of drug-likeness (QED) is 0.740. The van der Waals surface area contributed by atoms with Crippen molar-refractivity contribution in [2.45, 2.75) is 25.1 Å². The lowest BCUT2D eigenvalue weighted by Crippen LogP contribution is -2.37. The summed E-state index contributed by atoms with van der Waals surface area (Å²) in [6.07, 6.45) is 0. The first-order chi connectivity index (χ1) is 14.8. The molecule has 2 aliphatic heterocycles. The Labute approximate surface area is 186 Å². The number of benzene rings is 2. The molecule has 0 aromatic heterocycles. The molecule has 0 radical (unpaired) electrons. The summed E-state index contributed by atoms with van der Waals surface area (Å²) in [7, 11) is -1.46. The molecule has 31 heavy (non-hydrogen) atoms. The number of nitrogens with zero attached hydrogens (tertiary/aromatic N) is 2. The molecule has 164 valence electrons. The van der Waals surface area contributed by atoms with Gasteiger partial charge in [0.25, 0.3) is 0 Å². The first-order valence-electron chi connectivity index (χ1n) is 9.98. The van der Waals surface area contributed by atoms with Crippen LogP contribution < -0.4 is 15.0 Å². The van der Waals surface area contributed by atoms with Gasteiger partial charge >= 0.3 is 0 Å². The monoisotopic (exact) mass is 459 g/mol. The molecule has 9 heteroatoms. The van der Waals surface area contributed by atoms with Gasteiger partial charge in [0.2, 0.25) is 5.91 Å². The molecule has 7 nitrogen and oxygen atoms in total. The van der Waals surface area contributed by atoms with Crippen molar-refractivity contribution in [3.8, 4) is 5.75 Å². The number of carbonyl (C=O) groups excluding carboxylic acids is 1. The smallest absolute Gasteiger partial charge is 0.244 e. The second-order valence-corrected chi connectivity index (χ2v) is 11.2. The number of aliphatic imine (C=N–C) groups is 1. The van der Waals surface area contributed by atoms with Crippen molar-refractivity contribution >= 4 is 44.0 Å². The van der Waals surface area contributed by atoms with Crippen LogP contribution in [0, 0.1) is 13.8 Å². The van der Waals surface area contributed by atoms with Crippen LogP contribution in [-0.2, 0) is 14.6 Å². The third-order valence-electron chi connectivity index (χ3n) is 5.45. The molecule has 2 atom stereocenters. The van der Waals surface area contributed by atoms with E-state index in [-0.39, 0.29) is 35.2 Å². The number of ether oxygens (including phenoxy) is 1. The van der Waals surface area contributed by atoms with E-state index >= 15 is 0 Å². The van der Waals surface area contributed by atoms with E-state index in [1.165, 1.54) is 11.8 Å². The van der Waals surface area contributed by atoms with Crippen LogP contribution in [0.1, 0.15) is 11.1 Å². The van der Waals surface area contributed by atoms with Gasteiger partial charge in [-0.15, -0.1) is 0 Å². The molecule has 2 aliphatic rings. The third kappa shape index (κ3) is 4.72. The van der Waals surface area contributed by atoms with E-state index in [0.717, 1.165) is 22.5 Å². The molecular formula is C22H25N3O4S2. The van der Waals surface area contributed by atoms with E-state index in [4.69, 9.17) is 4.74 Å². The van der Waals surface area contributed by atoms with E-state index < -0.39 is 9.84 Å². The molecule has 4 rings (SSSR count). The van der Waals surface area contributed by atoms with Crippen LogP contribution in [0.5, 0.6) is 5.75 Å². The first-order valence-corrected chi connectivity index (χ1v) is 12.7. The summed E-state index contributed by atoms with van der Waals surface area (Å²) in [6, 6.07) is 13.0. The van der Waals surface area contributed by atoms with Crippen LogP contribution in [-0.4, -0.2) is 55.9 Å². The van der Waals surface area contributed by atoms with Crippen molar-refractivity contribution in [3.05, 3.63) is 53.6 Å². The van der Waals surface area contributed by atoms with Gasteiger partial charge in [-0.05, 0) is 37.1 Å². The maximum Gasteiger partial charge on any atom is 0.244 e. The largest absolute Gasteiger partial charge is 0.497 e. The highest BCUT2D eigenvalue weighted by Crippen LogP contribution is 2.37. The fourth-order valence-corrected chi connectivity index (χ4v) is 7.63. The first kappa shape index (κ1) is 21.7. The Bertz CT molecular complexity index is 1130. The van der Waals surface area contributed by atoms with Crippen molar-refractivity contribution < 1.29 is 17.9 Å². The fraction of sp³-hybridized carbons (Fsp3) is 0.364. The van der Waals surface area contributed by atoms with Gasteiger partial charge < -0.3 is 15.0 Å². The van der Waals surface area contributed by atoms with Crippen LogP contribution >= 0.6 is 11.8 Å². The van der Waals surface area contributed by atoms with Gasteiger partial charge in [-0.1, -0.05) is 36.0 Å². The maximum absolute atomic E-state index is 13.0. The number of carbonyl (C=O) groups is 1. The molecule has 1 saturated heterocycles. The highest BCUT2D eigenvalue weighted by molar-refractivity contribution is 8.15. The lowest BCUT2D eigenvalue weighted by molar-refractivity contribution is -0.114. The SMILES string of the molecule is COc1cccc(N(CC(=O)Nc2c(C)cccc2C)C2=N[C@@H]3CS(=O)(=O)C[C@H]3S2)c1. The second-order valence-electron chi connectivity index (χ2n) is 7.81. The zero-order valence-electron chi connectivity index (χ0n) is 17.7. The minimum absolute atomic E-state index is 0.0545. The molecule has 2 aromatic carbocycles. The number of fused-ring (bicyclic) bond motifs is 1. The van der Waals surface area contributed by atoms with E-state index in [1.54, 1.807) is 7.11 Å². The summed E-state index contributed by atoms with van der Waals surface area (Å²) in [5, 5.41) is 3.58. The van der Waals surface area contributed by atoms with Gasteiger partial charge in [0.15, 0.2) is 15.0 Å². The lowest BCUT2D eigenvalue weighted by Gasteiger charge is -2.25. The molecule has 0 unspecified atom stereocenters. The zero-order valence-corrected chi connectivity index (χ0v) is 19.3. The summed E-state index contributed by atoms with van der Waals surface area (Å²) in [5.74, 6) is 0.683. The van der Waals surface area contributed by atoms with Gasteiger partial charge in [0, 0.05) is 22.7 Å². The summed E-state index contributed by atoms with van der Waals surface area (Å²) in [6.45, 7) is 3.97. The summed E-state index contributed by atoms with van der Waals surface area (Å²) >= 11 is 1.43. The van der Waals surface area contributed by atoms with E-state index in [9.17, 15) is 13.2 Å². The number of amidine groups is 1. The predicted molar refractivity (Wildman–Crippen MR) is 126 cm³/mol. The van der Waals surface area contributed by atoms with E-state index in [0.29, 0.717) is 10.9 Å². The molecule has 0 spiro atoms. The number of hydrogen-bond donors (Lipinski definition) is 1. The van der Waals surface area contributed by atoms with Crippen molar-refractivity contribution in [2.24, 2.45) is 4.99 Å². The fourth-order valence-electron chi connectivity index (χ4n) is 3.85. The van der Waals surface area contributed by atoms with Crippen LogP contribution in [0.25, 0.3) is 0 Å². The Hall–Kier alpha value is -2.52. The van der Waals surface area contributed by atoms with Crippen molar-refractivity contribution in [3.63, 3.8) is 0 Å². The molecule has 2 aromatic rings. The molecule has 0 saturated carbocycles. The number of rotatable bonds is 5. The third-order valence-corrected chi connectivity index (χ3v) is 8.70. The highest BCUT2D eigenvalue weighted by Gasteiger charge is 2.44. The Morgan fingerprint density at radius 1 is 1.19 bits per heavy atom. The maximum atomic E-state index is 13.0. The van der Waals surface area contributed by atoms with Gasteiger partial charge in [-0.2, -0.15) is 0 Å². The standard InChI is InChI=1S/C22H25N3O4S2/c1-14-6-4-7-15(2)21(14)24-20(26)11-25(16-8-5-9-17(10-16)29-3)22-23-18-12-31(27,28)13-19(18)30-22/h4-10,18-19H,11-13H2,1-3H3,(H,24,26)/t18-,19-/m1/s1. The molecule has 1 N–H and O–H groups in total. The number of nitrogens with one attached hydrogen (secondary N) is 1. The number of methoxy groups -OCH3 is 1. The van der Waals surface area contributed by atoms with Gasteiger partial charge in [0.1, 0.15) is 12.3 Å². The summed E-state index contributed by atoms with van der Waals surface area (Å²) in [5.41, 5.74) is 3.56. The molecular weight excluding hydrogens is 434 g/mol. The van der Waals surface area contributed by atoms with E-state index in [1.807, 2.05) is 61.2 Å². The minimum atomic E-state index is -3.05. The van der Waals surface area contributed by atoms with Crippen LogP contribution in [0.2, 0.25) is 0 Å². The summed E-state index contributed by atoms with van der Waals surface area (Å²) in [4.78, 5) is 19.5. The molecule has 0 bridgehead atoms. The number of thioether (sulfide) groups is 1. The van der Waals surface area contributed by atoms with Crippen molar-refractivity contribution in [1.82, 2.24) is 0 Å². The van der Waals surface area contributed by atoms with Crippen molar-refractivity contribution in [1.29, 1.82) is 0 Å². The van der Waals surface area contributed by atoms with E-state index in [2.05, 4.69) is 10.3 Å². The Morgan fingerprint density at radius 3 is 2.58 bits per heavy atom. The number of hydrogen-bond acceptors (Lipinski definition) is 7. The summed E-state index contributed by atoms with van der Waals surface area (Å²) < 4.78 is 29.2. The normalized spacial score (nSPS) is 21.3. The Morgan fingerprint density at radius 2 is 1.90 bits per heavy atom. The highest BCUT2D eigenvalue weighted by atomic mass is 32.2. The second kappa shape index (κ2) is 8.55. The van der Waals surface area contributed by atoms with Crippen LogP contribution in [0.4, 0.5) is 11.4 Å². The molecule has 1 fully saturated rings. The average molecular weight is 460 g/mol. The molecule has 0 aliphatic carbocycles. The number of aryl methyl sites for hydroxylation is 2. The molecule has 1 amide bonds. The van der Waals surface area contributed by atoms with Gasteiger partial charge in [0.05, 0.1) is 24.7 Å². The molecule has 2 heterocycles. The topological polar surface area (TPSA) is 88.1 Å². The van der Waals surface area contributed by atoms with Crippen molar-refractivity contribution in [2.75, 3.05) is 35.4 Å². The van der Waals surface area contributed by atoms with Crippen LogP contribution in [0.15, 0.2) is 47.5 Å². The Balaban J connectivity index is 1.61. The number of para-hydroxylation sites is 1. The lowest BCUT2D eigenvalue weighted by atomic mass is 10.1. The van der Waals surface area contributed by atoms with Crippen LogP contribution in [0.3, 0.4) is 0 Å². The minimum Gasteiger partial charge on any atom is -0.497 e. The van der Waals surface area contributed by atoms with Gasteiger partial charge in [-0.3, -0.25) is 9.79 Å². The average Bonchev–Trinajstić information content (AvgIpc) is 3.22. The number of sulfone groups is 1. The number of anilines is 2. The number of amides is 1. The zero-order chi connectivity index (χ0) is 22.2. The Kier molecular flexibility index (Phi) is 5.98.